The minimum atomic E-state index is -0.0232. The lowest BCUT2D eigenvalue weighted by molar-refractivity contribution is 0.0441. The standard InChI is InChI=1S/C13H20ClNO/c1-9(2)13(16-3)12(15)8-10-6-4-5-7-11(10)14/h4-7,9,12-13H,8,15H2,1-3H3. The Labute approximate surface area is 103 Å². The molecule has 2 atom stereocenters. The molecule has 1 aromatic carbocycles. The van der Waals surface area contributed by atoms with Gasteiger partial charge in [-0.05, 0) is 24.0 Å². The maximum Gasteiger partial charge on any atom is 0.0748 e. The minimum Gasteiger partial charge on any atom is -0.380 e. The highest BCUT2D eigenvalue weighted by atomic mass is 35.5. The van der Waals surface area contributed by atoms with Gasteiger partial charge in [0.25, 0.3) is 0 Å². The first-order valence-electron chi connectivity index (χ1n) is 5.58. The van der Waals surface area contributed by atoms with Crippen molar-refractivity contribution in [2.45, 2.75) is 32.4 Å². The van der Waals surface area contributed by atoms with Gasteiger partial charge in [0, 0.05) is 18.2 Å². The van der Waals surface area contributed by atoms with Gasteiger partial charge in [0.15, 0.2) is 0 Å². The third kappa shape index (κ3) is 3.48. The van der Waals surface area contributed by atoms with Crippen LogP contribution >= 0.6 is 11.6 Å². The number of ether oxygens (including phenoxy) is 1. The molecule has 1 aromatic rings. The second kappa shape index (κ2) is 6.24. The first-order chi connectivity index (χ1) is 7.56. The zero-order valence-electron chi connectivity index (χ0n) is 10.1. The Morgan fingerprint density at radius 3 is 2.44 bits per heavy atom. The highest BCUT2D eigenvalue weighted by Gasteiger charge is 2.21. The number of methoxy groups -OCH3 is 1. The van der Waals surface area contributed by atoms with Gasteiger partial charge in [-0.3, -0.25) is 0 Å². The summed E-state index contributed by atoms with van der Waals surface area (Å²) in [6, 6.07) is 7.78. The van der Waals surface area contributed by atoms with Crippen LogP contribution < -0.4 is 5.73 Å². The molecule has 0 amide bonds. The summed E-state index contributed by atoms with van der Waals surface area (Å²) < 4.78 is 5.42. The van der Waals surface area contributed by atoms with Crippen LogP contribution in [0.3, 0.4) is 0 Å². The lowest BCUT2D eigenvalue weighted by atomic mass is 9.94. The molecule has 16 heavy (non-hydrogen) atoms. The molecule has 0 heterocycles. The van der Waals surface area contributed by atoms with Gasteiger partial charge in [-0.2, -0.15) is 0 Å². The van der Waals surface area contributed by atoms with Crippen LogP contribution in [0.4, 0.5) is 0 Å². The van der Waals surface area contributed by atoms with E-state index in [0.717, 1.165) is 17.0 Å². The van der Waals surface area contributed by atoms with E-state index in [9.17, 15) is 0 Å². The summed E-state index contributed by atoms with van der Waals surface area (Å²) >= 11 is 6.10. The quantitative estimate of drug-likeness (QED) is 0.861. The Bertz CT molecular complexity index is 327. The molecule has 0 bridgehead atoms. The summed E-state index contributed by atoms with van der Waals surface area (Å²) in [5.74, 6) is 0.405. The topological polar surface area (TPSA) is 35.2 Å². The van der Waals surface area contributed by atoms with E-state index < -0.39 is 0 Å². The average Bonchev–Trinajstić information content (AvgIpc) is 2.22. The van der Waals surface area contributed by atoms with Crippen LogP contribution in [0.5, 0.6) is 0 Å². The number of nitrogens with two attached hydrogens (primary N) is 1. The average molecular weight is 242 g/mol. The maximum absolute atomic E-state index is 6.15. The van der Waals surface area contributed by atoms with Crippen LogP contribution in [0.2, 0.25) is 5.02 Å². The number of rotatable bonds is 5. The third-order valence-electron chi connectivity index (χ3n) is 2.76. The van der Waals surface area contributed by atoms with E-state index >= 15 is 0 Å². The molecular weight excluding hydrogens is 222 g/mol. The van der Waals surface area contributed by atoms with E-state index in [1.54, 1.807) is 7.11 Å². The van der Waals surface area contributed by atoms with Crippen molar-refractivity contribution in [3.8, 4) is 0 Å². The van der Waals surface area contributed by atoms with Crippen molar-refractivity contribution in [1.82, 2.24) is 0 Å². The van der Waals surface area contributed by atoms with Gasteiger partial charge in [-0.1, -0.05) is 43.6 Å². The van der Waals surface area contributed by atoms with Crippen LogP contribution in [0.15, 0.2) is 24.3 Å². The molecule has 2 nitrogen and oxygen atoms in total. The monoisotopic (exact) mass is 241 g/mol. The molecular formula is C13H20ClNO. The van der Waals surface area contributed by atoms with Crippen LogP contribution in [0.1, 0.15) is 19.4 Å². The van der Waals surface area contributed by atoms with Crippen LogP contribution in [0, 0.1) is 5.92 Å². The Kier molecular flexibility index (Phi) is 5.26. The fourth-order valence-corrected chi connectivity index (χ4v) is 2.19. The molecule has 1 rings (SSSR count). The Morgan fingerprint density at radius 2 is 1.94 bits per heavy atom. The van der Waals surface area contributed by atoms with Crippen LogP contribution in [-0.2, 0) is 11.2 Å². The Hall–Kier alpha value is -0.570. The molecule has 0 aliphatic carbocycles. The van der Waals surface area contributed by atoms with E-state index in [-0.39, 0.29) is 12.1 Å². The molecule has 0 aliphatic rings. The van der Waals surface area contributed by atoms with Gasteiger partial charge in [0.2, 0.25) is 0 Å². The fraction of sp³-hybridized carbons (Fsp3) is 0.538. The van der Waals surface area contributed by atoms with Gasteiger partial charge in [0.1, 0.15) is 0 Å². The van der Waals surface area contributed by atoms with Crippen molar-refractivity contribution in [2.24, 2.45) is 11.7 Å². The molecule has 0 spiro atoms. The van der Waals surface area contributed by atoms with E-state index in [1.807, 2.05) is 24.3 Å². The highest BCUT2D eigenvalue weighted by Crippen LogP contribution is 2.19. The first kappa shape index (κ1) is 13.5. The van der Waals surface area contributed by atoms with E-state index in [0.29, 0.717) is 5.92 Å². The van der Waals surface area contributed by atoms with Crippen LogP contribution in [-0.4, -0.2) is 19.3 Å². The van der Waals surface area contributed by atoms with Crippen LogP contribution in [0.25, 0.3) is 0 Å². The lowest BCUT2D eigenvalue weighted by Crippen LogP contribution is -2.41. The van der Waals surface area contributed by atoms with Gasteiger partial charge in [0.05, 0.1) is 6.10 Å². The van der Waals surface area contributed by atoms with E-state index in [1.165, 1.54) is 0 Å². The minimum absolute atomic E-state index is 0.0232. The van der Waals surface area contributed by atoms with Crippen molar-refractivity contribution in [3.63, 3.8) is 0 Å². The summed E-state index contributed by atoms with van der Waals surface area (Å²) in [6.45, 7) is 4.22. The molecule has 2 N–H and O–H groups in total. The molecule has 0 radical (unpaired) electrons. The molecule has 0 aromatic heterocycles. The predicted molar refractivity (Wildman–Crippen MR) is 68.8 cm³/mol. The van der Waals surface area contributed by atoms with Crippen molar-refractivity contribution in [2.75, 3.05) is 7.11 Å². The zero-order valence-corrected chi connectivity index (χ0v) is 10.9. The summed E-state index contributed by atoms with van der Waals surface area (Å²) in [5.41, 5.74) is 7.23. The number of benzene rings is 1. The summed E-state index contributed by atoms with van der Waals surface area (Å²) in [4.78, 5) is 0. The highest BCUT2D eigenvalue weighted by molar-refractivity contribution is 6.31. The molecule has 0 aliphatic heterocycles. The SMILES string of the molecule is COC(C(C)C)C(N)Cc1ccccc1Cl. The van der Waals surface area contributed by atoms with Crippen molar-refractivity contribution < 1.29 is 4.74 Å². The zero-order chi connectivity index (χ0) is 12.1. The summed E-state index contributed by atoms with van der Waals surface area (Å²) in [6.07, 6.45) is 0.812. The first-order valence-corrected chi connectivity index (χ1v) is 5.95. The number of hydrogen-bond donors (Lipinski definition) is 1. The molecule has 0 fully saturated rings. The second-order valence-corrected chi connectivity index (χ2v) is 4.81. The van der Waals surface area contributed by atoms with Crippen molar-refractivity contribution in [3.05, 3.63) is 34.9 Å². The smallest absolute Gasteiger partial charge is 0.0748 e. The van der Waals surface area contributed by atoms with E-state index in [2.05, 4.69) is 13.8 Å². The molecule has 90 valence electrons. The van der Waals surface area contributed by atoms with Crippen molar-refractivity contribution >= 4 is 11.6 Å². The Balaban J connectivity index is 2.70. The van der Waals surface area contributed by atoms with Gasteiger partial charge in [-0.15, -0.1) is 0 Å². The number of halogens is 1. The largest absolute Gasteiger partial charge is 0.380 e. The second-order valence-electron chi connectivity index (χ2n) is 4.40. The third-order valence-corrected chi connectivity index (χ3v) is 3.13. The molecule has 0 saturated heterocycles. The summed E-state index contributed by atoms with van der Waals surface area (Å²) in [7, 11) is 1.71. The van der Waals surface area contributed by atoms with Gasteiger partial charge in [-0.25, -0.2) is 0 Å². The molecule has 3 heteroatoms. The maximum atomic E-state index is 6.15. The number of hydrogen-bond acceptors (Lipinski definition) is 2. The van der Waals surface area contributed by atoms with Gasteiger partial charge >= 0.3 is 0 Å². The molecule has 0 saturated carbocycles. The fourth-order valence-electron chi connectivity index (χ4n) is 1.98. The predicted octanol–water partition coefficient (Wildman–Crippen LogP) is 2.88. The molecule has 2 unspecified atom stereocenters. The summed E-state index contributed by atoms with van der Waals surface area (Å²) in [5, 5.41) is 0.775. The van der Waals surface area contributed by atoms with E-state index in [4.69, 9.17) is 22.1 Å². The van der Waals surface area contributed by atoms with Gasteiger partial charge < -0.3 is 10.5 Å². The Morgan fingerprint density at radius 1 is 1.31 bits per heavy atom. The normalized spacial score (nSPS) is 15.1. The lowest BCUT2D eigenvalue weighted by Gasteiger charge is -2.26. The van der Waals surface area contributed by atoms with Crippen molar-refractivity contribution in [1.29, 1.82) is 0 Å².